The number of nitrogens with one attached hydrogen (secondary N) is 1. The van der Waals surface area contributed by atoms with Gasteiger partial charge in [-0.15, -0.1) is 0 Å². The van der Waals surface area contributed by atoms with E-state index in [4.69, 9.17) is 5.73 Å². The summed E-state index contributed by atoms with van der Waals surface area (Å²) in [6, 6.07) is 4.35. The number of hydrogen-bond acceptors (Lipinski definition) is 3. The second-order valence-electron chi connectivity index (χ2n) is 3.91. The number of aromatic amines is 1. The fourth-order valence-electron chi connectivity index (χ4n) is 1.42. The van der Waals surface area contributed by atoms with Crippen molar-refractivity contribution in [3.63, 3.8) is 0 Å². The molecule has 0 saturated heterocycles. The van der Waals surface area contributed by atoms with Crippen LogP contribution in [0.2, 0.25) is 0 Å². The predicted molar refractivity (Wildman–Crippen MR) is 59.4 cm³/mol. The minimum Gasteiger partial charge on any atom is -0.322 e. The number of alkyl halides is 3. The Labute approximate surface area is 101 Å². The summed E-state index contributed by atoms with van der Waals surface area (Å²) in [6.45, 7) is 1.73. The fourth-order valence-corrected chi connectivity index (χ4v) is 1.42. The van der Waals surface area contributed by atoms with Crippen LogP contribution in [0.5, 0.6) is 0 Å². The predicted octanol–water partition coefficient (Wildman–Crippen LogP) is 2.51. The van der Waals surface area contributed by atoms with Crippen molar-refractivity contribution in [2.24, 2.45) is 5.73 Å². The van der Waals surface area contributed by atoms with E-state index in [1.54, 1.807) is 6.92 Å². The average molecular weight is 256 g/mol. The highest BCUT2D eigenvalue weighted by Crippen LogP contribution is 2.30. The van der Waals surface area contributed by atoms with E-state index in [-0.39, 0.29) is 6.04 Å². The number of aromatic nitrogens is 3. The summed E-state index contributed by atoms with van der Waals surface area (Å²) in [6.07, 6.45) is -4.34. The minimum atomic E-state index is -4.34. The van der Waals surface area contributed by atoms with E-state index < -0.39 is 11.7 Å². The molecule has 1 unspecified atom stereocenters. The molecule has 7 heteroatoms. The van der Waals surface area contributed by atoms with Crippen molar-refractivity contribution in [1.82, 2.24) is 15.2 Å². The van der Waals surface area contributed by atoms with Crippen molar-refractivity contribution in [3.05, 3.63) is 35.7 Å². The topological polar surface area (TPSA) is 67.6 Å². The largest absolute Gasteiger partial charge is 0.416 e. The van der Waals surface area contributed by atoms with Gasteiger partial charge in [0.1, 0.15) is 5.82 Å². The summed E-state index contributed by atoms with van der Waals surface area (Å²) in [5, 5.41) is 6.54. The van der Waals surface area contributed by atoms with Gasteiger partial charge in [0.15, 0.2) is 5.82 Å². The van der Waals surface area contributed by atoms with Gasteiger partial charge in [0.25, 0.3) is 0 Å². The Kier molecular flexibility index (Phi) is 3.08. The fraction of sp³-hybridized carbons (Fsp3) is 0.273. The molecule has 1 atom stereocenters. The maximum Gasteiger partial charge on any atom is 0.416 e. The lowest BCUT2D eigenvalue weighted by atomic mass is 10.1. The summed E-state index contributed by atoms with van der Waals surface area (Å²) >= 11 is 0. The van der Waals surface area contributed by atoms with Gasteiger partial charge in [-0.1, -0.05) is 12.1 Å². The molecule has 0 aliphatic carbocycles. The monoisotopic (exact) mass is 256 g/mol. The van der Waals surface area contributed by atoms with Crippen LogP contribution in [0.25, 0.3) is 11.4 Å². The van der Waals surface area contributed by atoms with Gasteiger partial charge in [0.2, 0.25) is 0 Å². The first-order chi connectivity index (χ1) is 8.38. The highest BCUT2D eigenvalue weighted by atomic mass is 19.4. The van der Waals surface area contributed by atoms with Gasteiger partial charge in [0, 0.05) is 5.56 Å². The quantitative estimate of drug-likeness (QED) is 0.867. The molecule has 3 N–H and O–H groups in total. The molecule has 0 amide bonds. The molecule has 1 aromatic heterocycles. The molecular formula is C11H11F3N4. The molecule has 0 saturated carbocycles. The molecule has 96 valence electrons. The van der Waals surface area contributed by atoms with Crippen molar-refractivity contribution >= 4 is 0 Å². The van der Waals surface area contributed by atoms with E-state index in [1.165, 1.54) is 12.1 Å². The molecule has 1 heterocycles. The van der Waals surface area contributed by atoms with E-state index >= 15 is 0 Å². The SMILES string of the molecule is CC(N)c1nc(-c2ccc(C(F)(F)F)cc2)n[nH]1. The zero-order valence-corrected chi connectivity index (χ0v) is 9.49. The molecule has 0 aliphatic heterocycles. The summed E-state index contributed by atoms with van der Waals surface area (Å²) in [5.41, 5.74) is 5.41. The van der Waals surface area contributed by atoms with E-state index in [1.807, 2.05) is 0 Å². The van der Waals surface area contributed by atoms with Gasteiger partial charge < -0.3 is 5.73 Å². The second kappa shape index (κ2) is 4.41. The number of nitrogens with two attached hydrogens (primary N) is 1. The summed E-state index contributed by atoms with van der Waals surface area (Å²) in [7, 11) is 0. The van der Waals surface area contributed by atoms with Gasteiger partial charge in [-0.3, -0.25) is 5.10 Å². The average Bonchev–Trinajstić information content (AvgIpc) is 2.77. The van der Waals surface area contributed by atoms with E-state index in [0.29, 0.717) is 17.2 Å². The third-order valence-electron chi connectivity index (χ3n) is 2.40. The Morgan fingerprint density at radius 1 is 1.22 bits per heavy atom. The van der Waals surface area contributed by atoms with Gasteiger partial charge in [-0.25, -0.2) is 4.98 Å². The first-order valence-corrected chi connectivity index (χ1v) is 5.23. The number of hydrogen-bond donors (Lipinski definition) is 2. The number of benzene rings is 1. The van der Waals surface area contributed by atoms with Gasteiger partial charge >= 0.3 is 6.18 Å². The zero-order chi connectivity index (χ0) is 13.3. The molecule has 4 nitrogen and oxygen atoms in total. The molecule has 0 aliphatic rings. The van der Waals surface area contributed by atoms with Crippen molar-refractivity contribution in [2.45, 2.75) is 19.1 Å². The lowest BCUT2D eigenvalue weighted by molar-refractivity contribution is -0.137. The number of H-pyrrole nitrogens is 1. The van der Waals surface area contributed by atoms with Crippen LogP contribution < -0.4 is 5.73 Å². The number of nitrogens with zero attached hydrogens (tertiary/aromatic N) is 2. The van der Waals surface area contributed by atoms with Crippen LogP contribution >= 0.6 is 0 Å². The Bertz CT molecular complexity index is 528. The van der Waals surface area contributed by atoms with Crippen LogP contribution in [-0.2, 0) is 6.18 Å². The number of halogens is 3. The Balaban J connectivity index is 2.29. The first kappa shape index (κ1) is 12.6. The molecule has 0 bridgehead atoms. The summed E-state index contributed by atoms with van der Waals surface area (Å²) in [5.74, 6) is 0.820. The Morgan fingerprint density at radius 3 is 2.28 bits per heavy atom. The maximum absolute atomic E-state index is 12.4. The third kappa shape index (κ3) is 2.51. The minimum absolute atomic E-state index is 0.305. The van der Waals surface area contributed by atoms with E-state index in [0.717, 1.165) is 12.1 Å². The highest BCUT2D eigenvalue weighted by molar-refractivity contribution is 5.55. The van der Waals surface area contributed by atoms with Gasteiger partial charge in [-0.2, -0.15) is 18.3 Å². The lowest BCUT2D eigenvalue weighted by Gasteiger charge is -2.06. The lowest BCUT2D eigenvalue weighted by Crippen LogP contribution is -2.06. The van der Waals surface area contributed by atoms with Crippen molar-refractivity contribution in [3.8, 4) is 11.4 Å². The highest BCUT2D eigenvalue weighted by Gasteiger charge is 2.30. The van der Waals surface area contributed by atoms with Crippen molar-refractivity contribution in [2.75, 3.05) is 0 Å². The van der Waals surface area contributed by atoms with Crippen LogP contribution in [0.3, 0.4) is 0 Å². The molecule has 2 aromatic rings. The zero-order valence-electron chi connectivity index (χ0n) is 9.49. The first-order valence-electron chi connectivity index (χ1n) is 5.23. The van der Waals surface area contributed by atoms with Gasteiger partial charge in [0.05, 0.1) is 11.6 Å². The van der Waals surface area contributed by atoms with Crippen LogP contribution in [0.4, 0.5) is 13.2 Å². The van der Waals surface area contributed by atoms with E-state index in [9.17, 15) is 13.2 Å². The summed E-state index contributed by atoms with van der Waals surface area (Å²) < 4.78 is 37.1. The maximum atomic E-state index is 12.4. The molecular weight excluding hydrogens is 245 g/mol. The Morgan fingerprint density at radius 2 is 1.83 bits per heavy atom. The van der Waals surface area contributed by atoms with Crippen LogP contribution in [0.15, 0.2) is 24.3 Å². The third-order valence-corrected chi connectivity index (χ3v) is 2.40. The van der Waals surface area contributed by atoms with Gasteiger partial charge in [-0.05, 0) is 19.1 Å². The number of rotatable bonds is 2. The standard InChI is InChI=1S/C11H11F3N4/c1-6(15)9-16-10(18-17-9)7-2-4-8(5-3-7)11(12,13)14/h2-6H,15H2,1H3,(H,16,17,18). The summed E-state index contributed by atoms with van der Waals surface area (Å²) in [4.78, 5) is 4.10. The second-order valence-corrected chi connectivity index (χ2v) is 3.91. The van der Waals surface area contributed by atoms with Crippen molar-refractivity contribution in [1.29, 1.82) is 0 Å². The molecule has 2 rings (SSSR count). The van der Waals surface area contributed by atoms with Crippen LogP contribution in [0.1, 0.15) is 24.4 Å². The van der Waals surface area contributed by atoms with Crippen LogP contribution in [-0.4, -0.2) is 15.2 Å². The van der Waals surface area contributed by atoms with Crippen LogP contribution in [0, 0.1) is 0 Å². The molecule has 18 heavy (non-hydrogen) atoms. The van der Waals surface area contributed by atoms with E-state index in [2.05, 4.69) is 15.2 Å². The Hall–Kier alpha value is -1.89. The molecule has 1 aromatic carbocycles. The normalized spacial score (nSPS) is 13.6. The smallest absolute Gasteiger partial charge is 0.322 e. The molecule has 0 fully saturated rings. The molecule has 0 radical (unpaired) electrons. The molecule has 0 spiro atoms. The van der Waals surface area contributed by atoms with Crippen molar-refractivity contribution < 1.29 is 13.2 Å².